The third-order valence-corrected chi connectivity index (χ3v) is 4.94. The molecule has 23 heavy (non-hydrogen) atoms. The second kappa shape index (κ2) is 6.52. The van der Waals surface area contributed by atoms with Crippen LogP contribution in [0.4, 0.5) is 5.69 Å². The molecule has 0 saturated carbocycles. The Morgan fingerprint density at radius 3 is 2.52 bits per heavy atom. The summed E-state index contributed by atoms with van der Waals surface area (Å²) in [5.74, 6) is 0.716. The van der Waals surface area contributed by atoms with Crippen LogP contribution in [-0.2, 0) is 6.54 Å². The van der Waals surface area contributed by atoms with Crippen LogP contribution in [0.25, 0.3) is 10.4 Å². The van der Waals surface area contributed by atoms with Gasteiger partial charge in [-0.2, -0.15) is 0 Å². The van der Waals surface area contributed by atoms with Crippen LogP contribution >= 0.6 is 23.6 Å². The zero-order valence-corrected chi connectivity index (χ0v) is 14.5. The van der Waals surface area contributed by atoms with Crippen molar-refractivity contribution in [3.8, 4) is 10.4 Å². The molecule has 0 unspecified atom stereocenters. The molecular formula is C17H16N2O2S2. The fourth-order valence-electron chi connectivity index (χ4n) is 2.23. The third-order valence-electron chi connectivity index (χ3n) is 3.50. The third kappa shape index (κ3) is 3.43. The molecule has 2 aromatic heterocycles. The molecule has 118 valence electrons. The number of furan rings is 1. The molecule has 0 bridgehead atoms. The molecule has 0 aliphatic heterocycles. The molecule has 0 fully saturated rings. The SMILES string of the molecule is CN(C)c1ccc(-c2cc(=O)n(Cc3ccco3)c(=S)s2)cc1. The number of nitrogens with zero attached hydrogens (tertiary/aromatic N) is 2. The number of anilines is 1. The summed E-state index contributed by atoms with van der Waals surface area (Å²) in [4.78, 5) is 15.3. The molecule has 0 atom stereocenters. The minimum absolute atomic E-state index is 0.114. The van der Waals surface area contributed by atoms with Gasteiger partial charge in [0.15, 0.2) is 3.95 Å². The van der Waals surface area contributed by atoms with Gasteiger partial charge >= 0.3 is 0 Å². The zero-order valence-electron chi connectivity index (χ0n) is 12.9. The summed E-state index contributed by atoms with van der Waals surface area (Å²) in [6.07, 6.45) is 1.59. The molecule has 0 N–H and O–H groups in total. The Kier molecular flexibility index (Phi) is 4.45. The predicted molar refractivity (Wildman–Crippen MR) is 97.0 cm³/mol. The molecule has 0 amide bonds. The van der Waals surface area contributed by atoms with Crippen molar-refractivity contribution in [1.29, 1.82) is 0 Å². The summed E-state index contributed by atoms with van der Waals surface area (Å²) in [6, 6.07) is 13.3. The van der Waals surface area contributed by atoms with Gasteiger partial charge in [-0.1, -0.05) is 12.1 Å². The van der Waals surface area contributed by atoms with Crippen LogP contribution in [0.5, 0.6) is 0 Å². The van der Waals surface area contributed by atoms with Gasteiger partial charge in [0.2, 0.25) is 0 Å². The Morgan fingerprint density at radius 2 is 1.96 bits per heavy atom. The molecule has 1 aromatic carbocycles. The van der Waals surface area contributed by atoms with Crippen LogP contribution in [0.15, 0.2) is 57.9 Å². The van der Waals surface area contributed by atoms with Crippen molar-refractivity contribution in [2.75, 3.05) is 19.0 Å². The second-order valence-corrected chi connectivity index (χ2v) is 7.00. The first-order valence-electron chi connectivity index (χ1n) is 7.10. The normalized spacial score (nSPS) is 10.7. The molecule has 0 radical (unpaired) electrons. The maximum atomic E-state index is 12.4. The number of rotatable bonds is 4. The van der Waals surface area contributed by atoms with Crippen LogP contribution in [0.1, 0.15) is 5.76 Å². The first-order chi connectivity index (χ1) is 11.0. The summed E-state index contributed by atoms with van der Waals surface area (Å²) in [5, 5.41) is 0. The largest absolute Gasteiger partial charge is 0.467 e. The first kappa shape index (κ1) is 15.7. The van der Waals surface area contributed by atoms with Gasteiger partial charge < -0.3 is 9.32 Å². The van der Waals surface area contributed by atoms with Crippen molar-refractivity contribution in [3.05, 3.63) is 68.8 Å². The summed E-state index contributed by atoms with van der Waals surface area (Å²) in [5.41, 5.74) is 1.99. The van der Waals surface area contributed by atoms with E-state index in [4.69, 9.17) is 16.6 Å². The number of benzene rings is 1. The Hall–Kier alpha value is -2.18. The molecule has 6 heteroatoms. The van der Waals surface area contributed by atoms with Crippen molar-refractivity contribution < 1.29 is 4.42 Å². The van der Waals surface area contributed by atoms with Crippen LogP contribution in [0.2, 0.25) is 0 Å². The number of hydrogen-bond donors (Lipinski definition) is 0. The van der Waals surface area contributed by atoms with E-state index in [1.54, 1.807) is 23.0 Å². The van der Waals surface area contributed by atoms with Gasteiger partial charge in [0.1, 0.15) is 5.76 Å². The molecule has 4 nitrogen and oxygen atoms in total. The van der Waals surface area contributed by atoms with Crippen LogP contribution in [-0.4, -0.2) is 18.7 Å². The number of aromatic nitrogens is 1. The molecule has 3 aromatic rings. The summed E-state index contributed by atoms with van der Waals surface area (Å²) >= 11 is 6.83. The molecule has 0 aliphatic rings. The molecule has 0 spiro atoms. The van der Waals surface area contributed by atoms with Crippen molar-refractivity contribution in [2.24, 2.45) is 0 Å². The van der Waals surface area contributed by atoms with Crippen molar-refractivity contribution >= 4 is 29.2 Å². The highest BCUT2D eigenvalue weighted by molar-refractivity contribution is 7.73. The fraction of sp³-hybridized carbons (Fsp3) is 0.176. The number of hydrogen-bond acceptors (Lipinski definition) is 5. The Labute approximate surface area is 143 Å². The minimum atomic E-state index is -0.114. The van der Waals surface area contributed by atoms with E-state index in [0.29, 0.717) is 16.3 Å². The lowest BCUT2D eigenvalue weighted by Crippen LogP contribution is -2.19. The lowest BCUT2D eigenvalue weighted by molar-refractivity contribution is 0.490. The van der Waals surface area contributed by atoms with E-state index < -0.39 is 0 Å². The van der Waals surface area contributed by atoms with Gasteiger partial charge in [-0.15, -0.1) is 11.3 Å². The average Bonchev–Trinajstić information content (AvgIpc) is 3.04. The van der Waals surface area contributed by atoms with Crippen LogP contribution in [0.3, 0.4) is 0 Å². The van der Waals surface area contributed by atoms with E-state index in [1.807, 2.05) is 49.3 Å². The van der Waals surface area contributed by atoms with Crippen molar-refractivity contribution in [2.45, 2.75) is 6.54 Å². The minimum Gasteiger partial charge on any atom is -0.467 e. The quantitative estimate of drug-likeness (QED) is 0.670. The van der Waals surface area contributed by atoms with Gasteiger partial charge in [-0.05, 0) is 42.0 Å². The molecule has 0 saturated heterocycles. The van der Waals surface area contributed by atoms with E-state index >= 15 is 0 Å². The highest BCUT2D eigenvalue weighted by Crippen LogP contribution is 2.25. The smallest absolute Gasteiger partial charge is 0.254 e. The van der Waals surface area contributed by atoms with Gasteiger partial charge in [-0.3, -0.25) is 9.36 Å². The van der Waals surface area contributed by atoms with E-state index in [9.17, 15) is 4.79 Å². The average molecular weight is 344 g/mol. The summed E-state index contributed by atoms with van der Waals surface area (Å²) in [7, 11) is 3.99. The monoisotopic (exact) mass is 344 g/mol. The first-order valence-corrected chi connectivity index (χ1v) is 8.32. The molecule has 2 heterocycles. The zero-order chi connectivity index (χ0) is 16.4. The maximum absolute atomic E-state index is 12.4. The molecular weight excluding hydrogens is 328 g/mol. The summed E-state index contributed by atoms with van der Waals surface area (Å²) < 4.78 is 7.39. The second-order valence-electron chi connectivity index (χ2n) is 5.32. The highest BCUT2D eigenvalue weighted by Gasteiger charge is 2.07. The maximum Gasteiger partial charge on any atom is 0.254 e. The van der Waals surface area contributed by atoms with E-state index in [-0.39, 0.29) is 5.56 Å². The summed E-state index contributed by atoms with van der Waals surface area (Å²) in [6.45, 7) is 0.362. The predicted octanol–water partition coefficient (Wildman–Crippen LogP) is 4.01. The van der Waals surface area contributed by atoms with E-state index in [1.165, 1.54) is 11.3 Å². The standard InChI is InChI=1S/C17H16N2O2S2/c1-18(2)13-7-5-12(6-8-13)15-10-16(20)19(17(22)23-15)11-14-4-3-9-21-14/h3-10H,11H2,1-2H3. The van der Waals surface area contributed by atoms with Gasteiger partial charge in [0, 0.05) is 30.7 Å². The highest BCUT2D eigenvalue weighted by atomic mass is 32.1. The fourth-order valence-corrected chi connectivity index (χ4v) is 3.52. The van der Waals surface area contributed by atoms with Gasteiger partial charge in [0.25, 0.3) is 5.56 Å². The Morgan fingerprint density at radius 1 is 1.22 bits per heavy atom. The van der Waals surface area contributed by atoms with Gasteiger partial charge in [0.05, 0.1) is 12.8 Å². The van der Waals surface area contributed by atoms with E-state index in [0.717, 1.165) is 16.1 Å². The lowest BCUT2D eigenvalue weighted by atomic mass is 10.1. The molecule has 0 aliphatic carbocycles. The van der Waals surface area contributed by atoms with Crippen LogP contribution in [0, 0.1) is 3.95 Å². The lowest BCUT2D eigenvalue weighted by Gasteiger charge is -2.12. The van der Waals surface area contributed by atoms with Crippen molar-refractivity contribution in [1.82, 2.24) is 4.57 Å². The Bertz CT molecular complexity index is 876. The topological polar surface area (TPSA) is 38.4 Å². The van der Waals surface area contributed by atoms with Crippen molar-refractivity contribution in [3.63, 3.8) is 0 Å². The molecule has 3 rings (SSSR count). The van der Waals surface area contributed by atoms with Gasteiger partial charge in [-0.25, -0.2) is 0 Å². The van der Waals surface area contributed by atoms with Crippen LogP contribution < -0.4 is 10.5 Å². The Balaban J connectivity index is 1.96. The van der Waals surface area contributed by atoms with E-state index in [2.05, 4.69) is 0 Å².